The molecular formula is C15H28N2O2. The Morgan fingerprint density at radius 2 is 2.11 bits per heavy atom. The first-order valence-electron chi connectivity index (χ1n) is 7.83. The zero-order chi connectivity index (χ0) is 13.7. The quantitative estimate of drug-likeness (QED) is 0.711. The van der Waals surface area contributed by atoms with E-state index in [2.05, 4.69) is 16.7 Å². The van der Waals surface area contributed by atoms with Gasteiger partial charge in [-0.2, -0.15) is 0 Å². The van der Waals surface area contributed by atoms with Crippen LogP contribution < -0.4 is 0 Å². The summed E-state index contributed by atoms with van der Waals surface area (Å²) in [5.41, 5.74) is 0. The molecule has 1 amide bonds. The van der Waals surface area contributed by atoms with Crippen LogP contribution in [0, 0.1) is 5.92 Å². The van der Waals surface area contributed by atoms with Crippen LogP contribution in [0.1, 0.15) is 45.4 Å². The molecule has 0 bridgehead atoms. The molecule has 0 aromatic carbocycles. The highest BCUT2D eigenvalue weighted by molar-refractivity contribution is 5.78. The third kappa shape index (κ3) is 4.77. The van der Waals surface area contributed by atoms with Crippen LogP contribution in [0.3, 0.4) is 0 Å². The summed E-state index contributed by atoms with van der Waals surface area (Å²) in [5, 5.41) is 8.85. The molecule has 110 valence electrons. The highest BCUT2D eigenvalue weighted by Gasteiger charge is 2.31. The van der Waals surface area contributed by atoms with Crippen molar-refractivity contribution in [2.75, 3.05) is 32.8 Å². The van der Waals surface area contributed by atoms with Gasteiger partial charge in [0.1, 0.15) is 0 Å². The van der Waals surface area contributed by atoms with Crippen molar-refractivity contribution in [1.82, 2.24) is 9.80 Å². The summed E-state index contributed by atoms with van der Waals surface area (Å²) in [7, 11) is 0. The Bertz CT molecular complexity index is 292. The maximum atomic E-state index is 12.4. The second-order valence-corrected chi connectivity index (χ2v) is 6.22. The predicted octanol–water partition coefficient (Wildman–Crippen LogP) is 1.48. The number of unbranched alkanes of at least 4 members (excludes halogenated alkanes) is 1. The minimum atomic E-state index is 0.260. The fraction of sp³-hybridized carbons (Fsp3) is 0.933. The molecule has 0 aromatic rings. The first-order valence-corrected chi connectivity index (χ1v) is 7.83. The average Bonchev–Trinajstić information content (AvgIpc) is 3.22. The molecule has 2 rings (SSSR count). The van der Waals surface area contributed by atoms with Gasteiger partial charge in [-0.3, -0.25) is 9.69 Å². The second-order valence-electron chi connectivity index (χ2n) is 6.22. The first kappa shape index (κ1) is 14.8. The van der Waals surface area contributed by atoms with Crippen LogP contribution in [-0.4, -0.2) is 59.6 Å². The number of hydrogen-bond acceptors (Lipinski definition) is 3. The van der Waals surface area contributed by atoms with Gasteiger partial charge in [0.05, 0.1) is 6.54 Å². The average molecular weight is 268 g/mol. The van der Waals surface area contributed by atoms with Gasteiger partial charge in [0.2, 0.25) is 5.91 Å². The molecule has 0 aromatic heterocycles. The van der Waals surface area contributed by atoms with Gasteiger partial charge in [-0.05, 0) is 51.0 Å². The molecule has 2 aliphatic rings. The number of carbonyl (C=O) groups is 1. The lowest BCUT2D eigenvalue weighted by Crippen LogP contribution is -2.45. The third-order valence-electron chi connectivity index (χ3n) is 4.26. The van der Waals surface area contributed by atoms with Gasteiger partial charge in [-0.25, -0.2) is 0 Å². The van der Waals surface area contributed by atoms with Crippen molar-refractivity contribution in [3.63, 3.8) is 0 Å². The van der Waals surface area contributed by atoms with E-state index in [0.717, 1.165) is 38.9 Å². The Labute approximate surface area is 116 Å². The van der Waals surface area contributed by atoms with E-state index >= 15 is 0 Å². The van der Waals surface area contributed by atoms with Gasteiger partial charge >= 0.3 is 0 Å². The highest BCUT2D eigenvalue weighted by Crippen LogP contribution is 2.27. The van der Waals surface area contributed by atoms with E-state index in [1.807, 2.05) is 0 Å². The van der Waals surface area contributed by atoms with Crippen LogP contribution in [0.25, 0.3) is 0 Å². The number of likely N-dealkylation sites (tertiary alicyclic amines) is 1. The van der Waals surface area contributed by atoms with Gasteiger partial charge in [-0.1, -0.05) is 6.92 Å². The standard InChI is InChI=1S/C15H28N2O2/c1-13-5-4-9-17(11-13)15(19)12-16(14-6-7-14)8-2-3-10-18/h13-14,18H,2-12H2,1H3. The molecule has 1 atom stereocenters. The first-order chi connectivity index (χ1) is 9.20. The summed E-state index contributed by atoms with van der Waals surface area (Å²) in [6.07, 6.45) is 6.73. The molecular weight excluding hydrogens is 240 g/mol. The van der Waals surface area contributed by atoms with E-state index in [1.165, 1.54) is 19.3 Å². The molecule has 2 fully saturated rings. The monoisotopic (exact) mass is 268 g/mol. The van der Waals surface area contributed by atoms with Crippen molar-refractivity contribution in [3.8, 4) is 0 Å². The summed E-state index contributed by atoms with van der Waals surface area (Å²) < 4.78 is 0. The molecule has 1 heterocycles. The van der Waals surface area contributed by atoms with Gasteiger partial charge < -0.3 is 10.0 Å². The van der Waals surface area contributed by atoms with Crippen molar-refractivity contribution in [1.29, 1.82) is 0 Å². The Morgan fingerprint density at radius 1 is 1.32 bits per heavy atom. The number of nitrogens with zero attached hydrogens (tertiary/aromatic N) is 2. The minimum Gasteiger partial charge on any atom is -0.396 e. The van der Waals surface area contributed by atoms with Crippen molar-refractivity contribution < 1.29 is 9.90 Å². The molecule has 19 heavy (non-hydrogen) atoms. The van der Waals surface area contributed by atoms with Gasteiger partial charge in [0.15, 0.2) is 0 Å². The van der Waals surface area contributed by atoms with E-state index in [1.54, 1.807) is 0 Å². The van der Waals surface area contributed by atoms with E-state index in [0.29, 0.717) is 24.4 Å². The summed E-state index contributed by atoms with van der Waals surface area (Å²) >= 11 is 0. The number of rotatable bonds is 7. The minimum absolute atomic E-state index is 0.260. The Balaban J connectivity index is 1.77. The molecule has 1 saturated heterocycles. The summed E-state index contributed by atoms with van der Waals surface area (Å²) in [6.45, 7) is 5.92. The number of amides is 1. The van der Waals surface area contributed by atoms with Gasteiger partial charge in [0.25, 0.3) is 0 Å². The number of carbonyl (C=O) groups excluding carboxylic acids is 1. The van der Waals surface area contributed by atoms with Crippen molar-refractivity contribution >= 4 is 5.91 Å². The van der Waals surface area contributed by atoms with Crippen LogP contribution in [-0.2, 0) is 4.79 Å². The number of aliphatic hydroxyl groups excluding tert-OH is 1. The Hall–Kier alpha value is -0.610. The molecule has 1 aliphatic carbocycles. The zero-order valence-corrected chi connectivity index (χ0v) is 12.2. The number of hydrogen-bond donors (Lipinski definition) is 1. The van der Waals surface area contributed by atoms with Gasteiger partial charge in [0, 0.05) is 25.7 Å². The maximum absolute atomic E-state index is 12.4. The Kier molecular flexibility index (Phi) is 5.64. The molecule has 1 unspecified atom stereocenters. The second kappa shape index (κ2) is 7.25. The van der Waals surface area contributed by atoms with E-state index in [4.69, 9.17) is 5.11 Å². The van der Waals surface area contributed by atoms with Crippen molar-refractivity contribution in [2.45, 2.75) is 51.5 Å². The maximum Gasteiger partial charge on any atom is 0.236 e. The molecule has 1 N–H and O–H groups in total. The number of piperidine rings is 1. The van der Waals surface area contributed by atoms with Crippen LogP contribution in [0.15, 0.2) is 0 Å². The summed E-state index contributed by atoms with van der Waals surface area (Å²) in [5.74, 6) is 0.962. The summed E-state index contributed by atoms with van der Waals surface area (Å²) in [4.78, 5) is 16.7. The fourth-order valence-electron chi connectivity index (χ4n) is 2.95. The Morgan fingerprint density at radius 3 is 2.74 bits per heavy atom. The normalized spacial score (nSPS) is 23.9. The lowest BCUT2D eigenvalue weighted by atomic mass is 10.0. The van der Waals surface area contributed by atoms with Crippen LogP contribution >= 0.6 is 0 Å². The zero-order valence-electron chi connectivity index (χ0n) is 12.2. The van der Waals surface area contributed by atoms with E-state index < -0.39 is 0 Å². The molecule has 1 aliphatic heterocycles. The van der Waals surface area contributed by atoms with Crippen molar-refractivity contribution in [2.24, 2.45) is 5.92 Å². The summed E-state index contributed by atoms with van der Waals surface area (Å²) in [6, 6.07) is 0.629. The van der Waals surface area contributed by atoms with E-state index in [-0.39, 0.29) is 6.61 Å². The van der Waals surface area contributed by atoms with Crippen LogP contribution in [0.2, 0.25) is 0 Å². The lowest BCUT2D eigenvalue weighted by Gasteiger charge is -2.33. The van der Waals surface area contributed by atoms with Crippen molar-refractivity contribution in [3.05, 3.63) is 0 Å². The largest absolute Gasteiger partial charge is 0.396 e. The van der Waals surface area contributed by atoms with E-state index in [9.17, 15) is 4.79 Å². The molecule has 4 heteroatoms. The van der Waals surface area contributed by atoms with Crippen LogP contribution in [0.4, 0.5) is 0 Å². The van der Waals surface area contributed by atoms with Gasteiger partial charge in [-0.15, -0.1) is 0 Å². The topological polar surface area (TPSA) is 43.8 Å². The molecule has 0 radical (unpaired) electrons. The number of aliphatic hydroxyl groups is 1. The van der Waals surface area contributed by atoms with Crippen LogP contribution in [0.5, 0.6) is 0 Å². The SMILES string of the molecule is CC1CCCN(C(=O)CN(CCCCO)C2CC2)C1. The third-order valence-corrected chi connectivity index (χ3v) is 4.26. The highest BCUT2D eigenvalue weighted by atomic mass is 16.2. The molecule has 0 spiro atoms. The molecule has 4 nitrogen and oxygen atoms in total. The smallest absolute Gasteiger partial charge is 0.236 e. The molecule has 1 saturated carbocycles. The lowest BCUT2D eigenvalue weighted by molar-refractivity contribution is -0.134. The predicted molar refractivity (Wildman–Crippen MR) is 75.9 cm³/mol. The fourth-order valence-corrected chi connectivity index (χ4v) is 2.95.